The summed E-state index contributed by atoms with van der Waals surface area (Å²) in [5, 5.41) is 18.7. The van der Waals surface area contributed by atoms with E-state index in [1.807, 2.05) is 0 Å². The summed E-state index contributed by atoms with van der Waals surface area (Å²) < 4.78 is 14.3. The topological polar surface area (TPSA) is 132 Å². The average Bonchev–Trinajstić information content (AvgIpc) is 2.64. The van der Waals surface area contributed by atoms with Crippen LogP contribution in [-0.4, -0.2) is 57.4 Å². The van der Waals surface area contributed by atoms with Crippen LogP contribution in [0.15, 0.2) is 9.98 Å². The Morgan fingerprint density at radius 3 is 2.60 bits per heavy atom. The minimum Gasteiger partial charge on any atom is -0.388 e. The number of hydrogen-bond acceptors (Lipinski definition) is 6. The van der Waals surface area contributed by atoms with E-state index in [1.54, 1.807) is 0 Å². The summed E-state index contributed by atoms with van der Waals surface area (Å²) in [4.78, 5) is 24.0. The lowest BCUT2D eigenvalue weighted by Gasteiger charge is -2.19. The van der Waals surface area contributed by atoms with Gasteiger partial charge in [-0.3, -0.25) is 9.52 Å². The van der Waals surface area contributed by atoms with Gasteiger partial charge in [0.1, 0.15) is 24.6 Å². The molecule has 9 heteroatoms. The smallest absolute Gasteiger partial charge is 0.388 e. The molecule has 0 amide bonds. The van der Waals surface area contributed by atoms with Crippen molar-refractivity contribution in [2.75, 3.05) is 6.61 Å². The van der Waals surface area contributed by atoms with E-state index in [-0.39, 0.29) is 0 Å². The fourth-order valence-corrected chi connectivity index (χ4v) is 1.30. The van der Waals surface area contributed by atoms with Crippen LogP contribution in [0.25, 0.3) is 0 Å². The van der Waals surface area contributed by atoms with E-state index in [0.29, 0.717) is 0 Å². The zero-order chi connectivity index (χ0) is 11.5. The SMILES string of the molecule is O=P(O)(O)OC[C@H](O)[C@@H](O)[C@H]1C=NC=N1. The first-order valence-electron chi connectivity index (χ1n) is 4.01. The Kier molecular flexibility index (Phi) is 4.09. The first-order chi connectivity index (χ1) is 6.90. The van der Waals surface area contributed by atoms with Crippen molar-refractivity contribution in [3.63, 3.8) is 0 Å². The lowest BCUT2D eigenvalue weighted by molar-refractivity contribution is -0.0150. The zero-order valence-corrected chi connectivity index (χ0v) is 8.44. The van der Waals surface area contributed by atoms with Crippen molar-refractivity contribution in [1.29, 1.82) is 0 Å². The van der Waals surface area contributed by atoms with Gasteiger partial charge in [-0.15, -0.1) is 0 Å². The van der Waals surface area contributed by atoms with Crippen LogP contribution in [0.5, 0.6) is 0 Å². The Labute approximate surface area is 85.2 Å². The molecule has 0 unspecified atom stereocenters. The normalized spacial score (nSPS) is 24.4. The van der Waals surface area contributed by atoms with Crippen LogP contribution >= 0.6 is 7.82 Å². The lowest BCUT2D eigenvalue weighted by atomic mass is 10.1. The highest BCUT2D eigenvalue weighted by Gasteiger charge is 2.28. The number of rotatable bonds is 5. The van der Waals surface area contributed by atoms with Crippen LogP contribution in [0.3, 0.4) is 0 Å². The number of aliphatic imine (C=N–C) groups is 2. The molecule has 0 fully saturated rings. The molecule has 1 heterocycles. The zero-order valence-electron chi connectivity index (χ0n) is 7.54. The molecule has 15 heavy (non-hydrogen) atoms. The van der Waals surface area contributed by atoms with Gasteiger partial charge in [-0.1, -0.05) is 0 Å². The molecule has 0 saturated heterocycles. The molecule has 0 aromatic heterocycles. The fourth-order valence-electron chi connectivity index (χ4n) is 0.957. The van der Waals surface area contributed by atoms with Crippen molar-refractivity contribution in [3.8, 4) is 0 Å². The highest BCUT2D eigenvalue weighted by molar-refractivity contribution is 7.46. The van der Waals surface area contributed by atoms with Gasteiger partial charge in [0.2, 0.25) is 0 Å². The summed E-state index contributed by atoms with van der Waals surface area (Å²) in [6.07, 6.45) is -0.223. The van der Waals surface area contributed by atoms with Gasteiger partial charge < -0.3 is 20.0 Å². The Hall–Kier alpha value is -0.630. The molecule has 86 valence electrons. The third-order valence-electron chi connectivity index (χ3n) is 1.70. The van der Waals surface area contributed by atoms with E-state index >= 15 is 0 Å². The van der Waals surface area contributed by atoms with Crippen molar-refractivity contribution in [1.82, 2.24) is 0 Å². The third kappa shape index (κ3) is 4.17. The molecule has 1 aliphatic rings. The second-order valence-corrected chi connectivity index (χ2v) is 4.14. The predicted octanol–water partition coefficient (Wildman–Crippen LogP) is -1.70. The van der Waals surface area contributed by atoms with Gasteiger partial charge in [0.15, 0.2) is 0 Å². The predicted molar refractivity (Wildman–Crippen MR) is 50.8 cm³/mol. The van der Waals surface area contributed by atoms with E-state index in [9.17, 15) is 14.8 Å². The van der Waals surface area contributed by atoms with Gasteiger partial charge in [-0.25, -0.2) is 9.56 Å². The van der Waals surface area contributed by atoms with Gasteiger partial charge in [0.25, 0.3) is 0 Å². The van der Waals surface area contributed by atoms with Crippen molar-refractivity contribution in [2.24, 2.45) is 9.98 Å². The Bertz CT molecular complexity index is 301. The first-order valence-corrected chi connectivity index (χ1v) is 5.54. The molecule has 0 aliphatic carbocycles. The van der Waals surface area contributed by atoms with Crippen molar-refractivity contribution in [2.45, 2.75) is 18.2 Å². The van der Waals surface area contributed by atoms with Crippen LogP contribution in [0, 0.1) is 0 Å². The number of aliphatic hydroxyl groups excluding tert-OH is 2. The average molecular weight is 238 g/mol. The van der Waals surface area contributed by atoms with Crippen LogP contribution < -0.4 is 0 Å². The number of phosphoric acid groups is 1. The van der Waals surface area contributed by atoms with E-state index < -0.39 is 32.7 Å². The molecule has 0 radical (unpaired) electrons. The summed E-state index contributed by atoms with van der Waals surface area (Å²) in [7, 11) is -4.63. The van der Waals surface area contributed by atoms with Crippen molar-refractivity contribution < 1.29 is 29.1 Å². The number of hydrogen-bond donors (Lipinski definition) is 4. The Balaban J connectivity index is 2.39. The van der Waals surface area contributed by atoms with Crippen molar-refractivity contribution in [3.05, 3.63) is 0 Å². The summed E-state index contributed by atoms with van der Waals surface area (Å²) in [6, 6.07) is -0.708. The summed E-state index contributed by atoms with van der Waals surface area (Å²) in [5.74, 6) is 0. The minimum atomic E-state index is -4.63. The van der Waals surface area contributed by atoms with Crippen LogP contribution in [0.1, 0.15) is 0 Å². The Morgan fingerprint density at radius 1 is 1.47 bits per heavy atom. The van der Waals surface area contributed by atoms with Crippen LogP contribution in [0.2, 0.25) is 0 Å². The molecule has 1 aliphatic heterocycles. The van der Waals surface area contributed by atoms with Gasteiger partial charge >= 0.3 is 7.82 Å². The molecule has 0 saturated carbocycles. The van der Waals surface area contributed by atoms with Gasteiger partial charge in [0, 0.05) is 6.21 Å². The summed E-state index contributed by atoms with van der Waals surface area (Å²) >= 11 is 0. The highest BCUT2D eigenvalue weighted by atomic mass is 31.2. The van der Waals surface area contributed by atoms with Gasteiger partial charge in [0.05, 0.1) is 6.61 Å². The molecule has 0 aromatic carbocycles. The monoisotopic (exact) mass is 238 g/mol. The van der Waals surface area contributed by atoms with Gasteiger partial charge in [-0.2, -0.15) is 0 Å². The standard InChI is InChI=1S/C6H11N2O6P/c9-5(2-14-15(11,12)13)6(10)4-1-7-3-8-4/h1,3-6,9-10H,2H2,(H2,11,12,13)/t4-,5+,6+/m1/s1. The minimum absolute atomic E-state index is 0.675. The highest BCUT2D eigenvalue weighted by Crippen LogP contribution is 2.35. The molecule has 0 aromatic rings. The number of aliphatic hydroxyl groups is 2. The van der Waals surface area contributed by atoms with Crippen LogP contribution in [-0.2, 0) is 9.09 Å². The lowest BCUT2D eigenvalue weighted by Crippen LogP contribution is -2.39. The molecule has 1 rings (SSSR count). The maximum atomic E-state index is 10.3. The molecular weight excluding hydrogens is 227 g/mol. The molecular formula is C6H11N2O6P. The summed E-state index contributed by atoms with van der Waals surface area (Å²) in [6.45, 7) is -0.675. The molecule has 0 bridgehead atoms. The fraction of sp³-hybridized carbons (Fsp3) is 0.667. The van der Waals surface area contributed by atoms with E-state index in [1.165, 1.54) is 12.6 Å². The summed E-state index contributed by atoms with van der Waals surface area (Å²) in [5.41, 5.74) is 0. The molecule has 8 nitrogen and oxygen atoms in total. The number of phosphoric ester groups is 1. The van der Waals surface area contributed by atoms with E-state index in [4.69, 9.17) is 9.79 Å². The first kappa shape index (κ1) is 12.4. The maximum absolute atomic E-state index is 10.3. The quantitative estimate of drug-likeness (QED) is 0.422. The van der Waals surface area contributed by atoms with Crippen LogP contribution in [0.4, 0.5) is 0 Å². The van der Waals surface area contributed by atoms with Crippen molar-refractivity contribution >= 4 is 20.4 Å². The Morgan fingerprint density at radius 2 is 2.13 bits per heavy atom. The second-order valence-electron chi connectivity index (χ2n) is 2.90. The van der Waals surface area contributed by atoms with E-state index in [0.717, 1.165) is 0 Å². The molecule has 4 N–H and O–H groups in total. The van der Waals surface area contributed by atoms with Gasteiger partial charge in [-0.05, 0) is 0 Å². The maximum Gasteiger partial charge on any atom is 0.469 e. The second kappa shape index (κ2) is 4.93. The third-order valence-corrected chi connectivity index (χ3v) is 2.19. The molecule has 3 atom stereocenters. The van der Waals surface area contributed by atoms with E-state index in [2.05, 4.69) is 14.5 Å². The molecule has 0 spiro atoms. The largest absolute Gasteiger partial charge is 0.469 e. The number of nitrogens with zero attached hydrogens (tertiary/aromatic N) is 2.